The summed E-state index contributed by atoms with van der Waals surface area (Å²) in [6, 6.07) is 9.93. The lowest BCUT2D eigenvalue weighted by molar-refractivity contribution is -0.121. The number of hydrogen-bond donors (Lipinski definition) is 3. The lowest BCUT2D eigenvalue weighted by Crippen LogP contribution is -2.27. The summed E-state index contributed by atoms with van der Waals surface area (Å²) in [4.78, 5) is 11.7. The predicted octanol–water partition coefficient (Wildman–Crippen LogP) is 1.69. The highest BCUT2D eigenvalue weighted by atomic mass is 16.5. The van der Waals surface area contributed by atoms with E-state index in [-0.39, 0.29) is 12.3 Å². The molecule has 0 saturated heterocycles. The number of nitrogens with one attached hydrogen (secondary N) is 1. The molecule has 0 atom stereocenters. The number of amides is 1. The first-order valence-electron chi connectivity index (χ1n) is 7.19. The van der Waals surface area contributed by atoms with Gasteiger partial charge in [0, 0.05) is 19.4 Å². The maximum Gasteiger partial charge on any atom is 0.220 e. The largest absolute Gasteiger partial charge is 0.362 e. The van der Waals surface area contributed by atoms with Gasteiger partial charge in [0.25, 0.3) is 0 Å². The highest BCUT2D eigenvalue weighted by Crippen LogP contribution is 2.19. The van der Waals surface area contributed by atoms with E-state index in [4.69, 9.17) is 0 Å². The van der Waals surface area contributed by atoms with E-state index in [0.29, 0.717) is 19.4 Å². The average molecular weight is 287 g/mol. The number of allylic oxidation sites excluding steroid dienone is 1. The van der Waals surface area contributed by atoms with Crippen LogP contribution in [0.15, 0.2) is 54.1 Å². The molecule has 112 valence electrons. The number of carbonyl (C=O) groups excluding carboxylic acids is 1. The maximum absolute atomic E-state index is 11.7. The van der Waals surface area contributed by atoms with E-state index in [1.165, 1.54) is 6.08 Å². The van der Waals surface area contributed by atoms with E-state index in [1.54, 1.807) is 12.2 Å². The quantitative estimate of drug-likeness (QED) is 0.697. The van der Waals surface area contributed by atoms with Gasteiger partial charge in [0.05, 0.1) is 0 Å². The van der Waals surface area contributed by atoms with E-state index in [2.05, 4.69) is 5.32 Å². The van der Waals surface area contributed by atoms with Gasteiger partial charge in [-0.05, 0) is 24.5 Å². The molecule has 1 amide bonds. The molecule has 1 aliphatic carbocycles. The molecule has 0 aliphatic heterocycles. The first kappa shape index (κ1) is 15.5. The van der Waals surface area contributed by atoms with Crippen molar-refractivity contribution >= 4 is 5.91 Å². The monoisotopic (exact) mass is 287 g/mol. The molecule has 3 N–H and O–H groups in total. The number of benzene rings is 1. The molecule has 0 fully saturated rings. The molecule has 0 aromatic heterocycles. The van der Waals surface area contributed by atoms with Gasteiger partial charge in [-0.15, -0.1) is 0 Å². The zero-order valence-corrected chi connectivity index (χ0v) is 12.0. The van der Waals surface area contributed by atoms with Crippen LogP contribution in [0.1, 0.15) is 24.8 Å². The number of aryl methyl sites for hydroxylation is 1. The zero-order valence-electron chi connectivity index (χ0n) is 12.0. The van der Waals surface area contributed by atoms with Crippen LogP contribution in [0.2, 0.25) is 0 Å². The fourth-order valence-corrected chi connectivity index (χ4v) is 2.18. The Morgan fingerprint density at radius 2 is 1.95 bits per heavy atom. The summed E-state index contributed by atoms with van der Waals surface area (Å²) in [6.07, 6.45) is 6.97. The highest BCUT2D eigenvalue weighted by Gasteiger charge is 2.20. The lowest BCUT2D eigenvalue weighted by atomic mass is 10.00. The van der Waals surface area contributed by atoms with Crippen molar-refractivity contribution < 1.29 is 15.0 Å². The molecule has 0 radical (unpaired) electrons. The van der Waals surface area contributed by atoms with Crippen LogP contribution in [-0.4, -0.2) is 28.5 Å². The molecule has 1 aromatic carbocycles. The van der Waals surface area contributed by atoms with Gasteiger partial charge in [-0.3, -0.25) is 4.79 Å². The second kappa shape index (κ2) is 7.20. The minimum atomic E-state index is -1.72. The maximum atomic E-state index is 11.7. The normalized spacial score (nSPS) is 16.4. The van der Waals surface area contributed by atoms with Gasteiger partial charge in [0.2, 0.25) is 5.91 Å². The Morgan fingerprint density at radius 1 is 1.19 bits per heavy atom. The van der Waals surface area contributed by atoms with Gasteiger partial charge >= 0.3 is 0 Å². The molecule has 1 aromatic rings. The van der Waals surface area contributed by atoms with Crippen LogP contribution in [0, 0.1) is 0 Å². The van der Waals surface area contributed by atoms with Crippen molar-refractivity contribution in [2.75, 3.05) is 6.54 Å². The molecule has 0 unspecified atom stereocenters. The Hall–Kier alpha value is -1.91. The summed E-state index contributed by atoms with van der Waals surface area (Å²) in [6.45, 7) is 0.563. The Bertz CT molecular complexity index is 532. The van der Waals surface area contributed by atoms with E-state index in [1.807, 2.05) is 30.3 Å². The SMILES string of the molecule is O=C(CCc1ccccc1)NCCC1=CCC(O)(O)C=C1. The molecular weight excluding hydrogens is 266 g/mol. The minimum Gasteiger partial charge on any atom is -0.362 e. The number of aliphatic hydroxyl groups is 2. The van der Waals surface area contributed by atoms with Gasteiger partial charge in [-0.2, -0.15) is 0 Å². The highest BCUT2D eigenvalue weighted by molar-refractivity contribution is 5.76. The molecule has 0 spiro atoms. The Kier molecular flexibility index (Phi) is 5.31. The first-order chi connectivity index (χ1) is 10.1. The minimum absolute atomic E-state index is 0.0397. The van der Waals surface area contributed by atoms with Crippen LogP contribution in [0.3, 0.4) is 0 Å². The van der Waals surface area contributed by atoms with Crippen LogP contribution in [-0.2, 0) is 11.2 Å². The molecule has 21 heavy (non-hydrogen) atoms. The molecule has 0 bridgehead atoms. The molecule has 2 rings (SSSR count). The Balaban J connectivity index is 1.64. The fraction of sp³-hybridized carbons (Fsp3) is 0.353. The third-order valence-electron chi connectivity index (χ3n) is 3.45. The summed E-state index contributed by atoms with van der Waals surface area (Å²) >= 11 is 0. The van der Waals surface area contributed by atoms with Crippen LogP contribution >= 0.6 is 0 Å². The second-order valence-electron chi connectivity index (χ2n) is 5.28. The van der Waals surface area contributed by atoms with Gasteiger partial charge in [-0.1, -0.05) is 48.1 Å². The van der Waals surface area contributed by atoms with Crippen molar-refractivity contribution in [1.29, 1.82) is 0 Å². The molecule has 4 heteroatoms. The van der Waals surface area contributed by atoms with Crippen LogP contribution in [0.4, 0.5) is 0 Å². The van der Waals surface area contributed by atoms with E-state index < -0.39 is 5.79 Å². The van der Waals surface area contributed by atoms with Crippen molar-refractivity contribution in [1.82, 2.24) is 5.32 Å². The molecule has 0 saturated carbocycles. The number of rotatable bonds is 6. The van der Waals surface area contributed by atoms with E-state index in [0.717, 1.165) is 17.6 Å². The molecule has 4 nitrogen and oxygen atoms in total. The fourth-order valence-electron chi connectivity index (χ4n) is 2.18. The summed E-state index contributed by atoms with van der Waals surface area (Å²) in [5, 5.41) is 21.6. The predicted molar refractivity (Wildman–Crippen MR) is 81.4 cm³/mol. The van der Waals surface area contributed by atoms with Gasteiger partial charge < -0.3 is 15.5 Å². The summed E-state index contributed by atoms with van der Waals surface area (Å²) in [5.41, 5.74) is 2.17. The average Bonchev–Trinajstić information content (AvgIpc) is 2.48. The van der Waals surface area contributed by atoms with Crippen molar-refractivity contribution in [2.45, 2.75) is 31.5 Å². The third kappa shape index (κ3) is 5.53. The van der Waals surface area contributed by atoms with Gasteiger partial charge in [0.15, 0.2) is 5.79 Å². The van der Waals surface area contributed by atoms with Crippen molar-refractivity contribution in [2.24, 2.45) is 0 Å². The molecular formula is C17H21NO3. The van der Waals surface area contributed by atoms with Crippen LogP contribution in [0.5, 0.6) is 0 Å². The summed E-state index contributed by atoms with van der Waals surface area (Å²) < 4.78 is 0. The van der Waals surface area contributed by atoms with Crippen molar-refractivity contribution in [3.05, 3.63) is 59.7 Å². The van der Waals surface area contributed by atoms with Gasteiger partial charge in [-0.25, -0.2) is 0 Å². The zero-order chi connectivity index (χ0) is 15.1. The number of hydrogen-bond acceptors (Lipinski definition) is 3. The number of carbonyl (C=O) groups is 1. The summed E-state index contributed by atoms with van der Waals surface area (Å²) in [7, 11) is 0. The van der Waals surface area contributed by atoms with Crippen LogP contribution < -0.4 is 5.32 Å². The van der Waals surface area contributed by atoms with Crippen LogP contribution in [0.25, 0.3) is 0 Å². The van der Waals surface area contributed by atoms with Crippen molar-refractivity contribution in [3.8, 4) is 0 Å². The Morgan fingerprint density at radius 3 is 2.62 bits per heavy atom. The Labute approximate surface area is 124 Å². The molecule has 1 aliphatic rings. The van der Waals surface area contributed by atoms with E-state index in [9.17, 15) is 15.0 Å². The van der Waals surface area contributed by atoms with Gasteiger partial charge in [0.1, 0.15) is 0 Å². The smallest absolute Gasteiger partial charge is 0.220 e. The summed E-state index contributed by atoms with van der Waals surface area (Å²) in [5.74, 6) is -1.68. The standard InChI is InChI=1S/C17H21NO3/c19-16(7-6-14-4-2-1-3-5-14)18-13-10-15-8-11-17(20,21)12-9-15/h1-5,8-9,11,20-21H,6-7,10,12-13H2,(H,18,19). The lowest BCUT2D eigenvalue weighted by Gasteiger charge is -2.20. The van der Waals surface area contributed by atoms with E-state index >= 15 is 0 Å². The van der Waals surface area contributed by atoms with Crippen molar-refractivity contribution in [3.63, 3.8) is 0 Å². The molecule has 0 heterocycles. The topological polar surface area (TPSA) is 69.6 Å². The third-order valence-corrected chi connectivity index (χ3v) is 3.45. The first-order valence-corrected chi connectivity index (χ1v) is 7.19. The second-order valence-corrected chi connectivity index (χ2v) is 5.28.